The minimum atomic E-state index is -3.53. The fourth-order valence-electron chi connectivity index (χ4n) is 2.75. The van der Waals surface area contributed by atoms with Crippen molar-refractivity contribution < 1.29 is 13.2 Å². The summed E-state index contributed by atoms with van der Waals surface area (Å²) in [6, 6.07) is 6.16. The lowest BCUT2D eigenvalue weighted by Crippen LogP contribution is -2.52. The van der Waals surface area contributed by atoms with Crippen LogP contribution in [0.4, 0.5) is 0 Å². The van der Waals surface area contributed by atoms with Gasteiger partial charge in [-0.15, -0.1) is 12.4 Å². The molecule has 140 valence electrons. The lowest BCUT2D eigenvalue weighted by Gasteiger charge is -2.34. The molecule has 2 fully saturated rings. The Labute approximate surface area is 160 Å². The molecular formula is C16H23Cl2N3O3S. The van der Waals surface area contributed by atoms with E-state index in [2.05, 4.69) is 5.32 Å². The number of nitrogens with zero attached hydrogens (tertiary/aromatic N) is 2. The SMILES string of the molecule is Cl.O=C(CNCC1CC1)N1CCN(S(=O)(=O)c2ccc(Cl)cc2)CC1. The van der Waals surface area contributed by atoms with Gasteiger partial charge in [-0.05, 0) is 49.6 Å². The smallest absolute Gasteiger partial charge is 0.243 e. The highest BCUT2D eigenvalue weighted by Gasteiger charge is 2.30. The molecule has 3 rings (SSSR count). The van der Waals surface area contributed by atoms with Crippen molar-refractivity contribution in [3.8, 4) is 0 Å². The second-order valence-electron chi connectivity index (χ2n) is 6.31. The Morgan fingerprint density at radius 3 is 2.28 bits per heavy atom. The number of piperazine rings is 1. The number of carbonyl (C=O) groups excluding carboxylic acids is 1. The van der Waals surface area contributed by atoms with E-state index in [4.69, 9.17) is 11.6 Å². The third-order valence-corrected chi connectivity index (χ3v) is 6.61. The predicted octanol–water partition coefficient (Wildman–Crippen LogP) is 1.59. The van der Waals surface area contributed by atoms with Gasteiger partial charge in [-0.2, -0.15) is 4.31 Å². The highest BCUT2D eigenvalue weighted by atomic mass is 35.5. The molecule has 1 aromatic rings. The Balaban J connectivity index is 0.00000225. The van der Waals surface area contributed by atoms with E-state index in [1.807, 2.05) is 0 Å². The van der Waals surface area contributed by atoms with Crippen molar-refractivity contribution in [2.24, 2.45) is 5.92 Å². The van der Waals surface area contributed by atoms with E-state index in [1.54, 1.807) is 17.0 Å². The van der Waals surface area contributed by atoms with Crippen LogP contribution in [0, 0.1) is 5.92 Å². The maximum Gasteiger partial charge on any atom is 0.243 e. The second-order valence-corrected chi connectivity index (χ2v) is 8.69. The first-order valence-corrected chi connectivity index (χ1v) is 10.0. The van der Waals surface area contributed by atoms with Crippen molar-refractivity contribution in [2.45, 2.75) is 17.7 Å². The van der Waals surface area contributed by atoms with Crippen molar-refractivity contribution in [1.29, 1.82) is 0 Å². The van der Waals surface area contributed by atoms with Gasteiger partial charge in [0.25, 0.3) is 0 Å². The van der Waals surface area contributed by atoms with Gasteiger partial charge in [0.05, 0.1) is 11.4 Å². The maximum atomic E-state index is 12.6. The zero-order valence-corrected chi connectivity index (χ0v) is 16.2. The summed E-state index contributed by atoms with van der Waals surface area (Å²) in [6.07, 6.45) is 2.50. The highest BCUT2D eigenvalue weighted by molar-refractivity contribution is 7.89. The summed E-state index contributed by atoms with van der Waals surface area (Å²) in [5.41, 5.74) is 0. The van der Waals surface area contributed by atoms with Crippen LogP contribution in [-0.2, 0) is 14.8 Å². The summed E-state index contributed by atoms with van der Waals surface area (Å²) in [5, 5.41) is 3.68. The van der Waals surface area contributed by atoms with Crippen LogP contribution < -0.4 is 5.32 Å². The molecule has 1 saturated carbocycles. The molecule has 9 heteroatoms. The normalized spacial score (nSPS) is 18.7. The molecule has 1 aliphatic heterocycles. The minimum absolute atomic E-state index is 0. The second kappa shape index (κ2) is 8.68. The summed E-state index contributed by atoms with van der Waals surface area (Å²) in [5.74, 6) is 0.776. The van der Waals surface area contributed by atoms with Gasteiger partial charge in [-0.3, -0.25) is 4.79 Å². The Bertz CT molecular complexity index is 685. The van der Waals surface area contributed by atoms with Gasteiger partial charge < -0.3 is 10.2 Å². The number of amides is 1. The summed E-state index contributed by atoms with van der Waals surface area (Å²) >= 11 is 5.81. The first-order valence-electron chi connectivity index (χ1n) is 8.21. The number of rotatable bonds is 6. The number of nitrogens with one attached hydrogen (secondary N) is 1. The average molecular weight is 408 g/mol. The van der Waals surface area contributed by atoms with Crippen LogP contribution in [0.15, 0.2) is 29.2 Å². The first-order chi connectivity index (χ1) is 11.5. The van der Waals surface area contributed by atoms with Crippen molar-refractivity contribution in [1.82, 2.24) is 14.5 Å². The number of sulfonamides is 1. The van der Waals surface area contributed by atoms with Crippen molar-refractivity contribution in [2.75, 3.05) is 39.3 Å². The van der Waals surface area contributed by atoms with Gasteiger partial charge in [0.1, 0.15) is 0 Å². The van der Waals surface area contributed by atoms with Crippen molar-refractivity contribution in [3.05, 3.63) is 29.3 Å². The molecule has 1 aliphatic carbocycles. The molecule has 1 aromatic carbocycles. The lowest BCUT2D eigenvalue weighted by atomic mass is 10.3. The zero-order chi connectivity index (χ0) is 17.2. The third-order valence-electron chi connectivity index (χ3n) is 4.45. The minimum Gasteiger partial charge on any atom is -0.339 e. The largest absolute Gasteiger partial charge is 0.339 e. The van der Waals surface area contributed by atoms with Gasteiger partial charge in [0, 0.05) is 31.2 Å². The lowest BCUT2D eigenvalue weighted by molar-refractivity contribution is -0.131. The molecule has 0 atom stereocenters. The van der Waals surface area contributed by atoms with Crippen LogP contribution in [0.1, 0.15) is 12.8 Å². The molecule has 25 heavy (non-hydrogen) atoms. The van der Waals surface area contributed by atoms with Gasteiger partial charge in [0.2, 0.25) is 15.9 Å². The highest BCUT2D eigenvalue weighted by Crippen LogP contribution is 2.27. The van der Waals surface area contributed by atoms with E-state index in [0.717, 1.165) is 12.5 Å². The molecule has 0 radical (unpaired) electrons. The monoisotopic (exact) mass is 407 g/mol. The van der Waals surface area contributed by atoms with Crippen LogP contribution in [0.25, 0.3) is 0 Å². The molecular weight excluding hydrogens is 385 g/mol. The van der Waals surface area contributed by atoms with E-state index < -0.39 is 10.0 Å². The molecule has 0 unspecified atom stereocenters. The van der Waals surface area contributed by atoms with Crippen molar-refractivity contribution >= 4 is 39.9 Å². The number of carbonyl (C=O) groups is 1. The Kier molecular flexibility index (Phi) is 7.10. The average Bonchev–Trinajstić information content (AvgIpc) is 3.39. The van der Waals surface area contributed by atoms with Gasteiger partial charge >= 0.3 is 0 Å². The van der Waals surface area contributed by atoms with Gasteiger partial charge in [-0.1, -0.05) is 11.6 Å². The fourth-order valence-corrected chi connectivity index (χ4v) is 4.30. The van der Waals surface area contributed by atoms with E-state index in [0.29, 0.717) is 37.7 Å². The van der Waals surface area contributed by atoms with Crippen LogP contribution in [0.3, 0.4) is 0 Å². The summed E-state index contributed by atoms with van der Waals surface area (Å²) < 4.78 is 26.6. The number of hydrogen-bond acceptors (Lipinski definition) is 4. The van der Waals surface area contributed by atoms with Crippen LogP contribution in [0.2, 0.25) is 5.02 Å². The number of halogens is 2. The zero-order valence-electron chi connectivity index (χ0n) is 13.9. The molecule has 0 aromatic heterocycles. The van der Waals surface area contributed by atoms with Crippen LogP contribution >= 0.6 is 24.0 Å². The summed E-state index contributed by atoms with van der Waals surface area (Å²) in [4.78, 5) is 14.1. The molecule has 6 nitrogen and oxygen atoms in total. The molecule has 1 saturated heterocycles. The molecule has 2 aliphatic rings. The first kappa shape index (κ1) is 20.5. The topological polar surface area (TPSA) is 69.7 Å². The quantitative estimate of drug-likeness (QED) is 0.777. The molecule has 1 N–H and O–H groups in total. The Morgan fingerprint density at radius 1 is 1.12 bits per heavy atom. The maximum absolute atomic E-state index is 12.6. The predicted molar refractivity (Wildman–Crippen MR) is 99.6 cm³/mol. The summed E-state index contributed by atoms with van der Waals surface area (Å²) in [7, 11) is -3.53. The van der Waals surface area contributed by atoms with E-state index in [1.165, 1.54) is 29.3 Å². The van der Waals surface area contributed by atoms with Gasteiger partial charge in [0.15, 0.2) is 0 Å². The molecule has 0 spiro atoms. The Morgan fingerprint density at radius 2 is 1.72 bits per heavy atom. The van der Waals surface area contributed by atoms with E-state index in [-0.39, 0.29) is 23.2 Å². The number of benzene rings is 1. The Hall–Kier alpha value is -0.860. The van der Waals surface area contributed by atoms with E-state index >= 15 is 0 Å². The molecule has 1 amide bonds. The third kappa shape index (κ3) is 5.31. The fraction of sp³-hybridized carbons (Fsp3) is 0.562. The molecule has 0 bridgehead atoms. The summed E-state index contributed by atoms with van der Waals surface area (Å²) in [6.45, 7) is 2.73. The number of hydrogen-bond donors (Lipinski definition) is 1. The molecule has 1 heterocycles. The van der Waals surface area contributed by atoms with Crippen LogP contribution in [-0.4, -0.2) is 62.8 Å². The standard InChI is InChI=1S/C16H22ClN3O3S.ClH/c17-14-3-5-15(6-4-14)24(22,23)20-9-7-19(8-10-20)16(21)12-18-11-13-1-2-13;/h3-6,13,18H,1-2,7-12H2;1H. The van der Waals surface area contributed by atoms with E-state index in [9.17, 15) is 13.2 Å². The van der Waals surface area contributed by atoms with Gasteiger partial charge in [-0.25, -0.2) is 8.42 Å². The van der Waals surface area contributed by atoms with Crippen molar-refractivity contribution in [3.63, 3.8) is 0 Å². The van der Waals surface area contributed by atoms with Crippen LogP contribution in [0.5, 0.6) is 0 Å².